The Labute approximate surface area is 112 Å². The number of rotatable bonds is 1. The van der Waals surface area contributed by atoms with Gasteiger partial charge in [-0.1, -0.05) is 17.7 Å². The van der Waals surface area contributed by atoms with Gasteiger partial charge in [0.1, 0.15) is 5.84 Å². The summed E-state index contributed by atoms with van der Waals surface area (Å²) >= 11 is 6.22. The quantitative estimate of drug-likeness (QED) is 0.848. The van der Waals surface area contributed by atoms with Gasteiger partial charge in [-0.25, -0.2) is 0 Å². The number of hydrogen-bond donors (Lipinski definition) is 1. The summed E-state index contributed by atoms with van der Waals surface area (Å²) in [4.78, 5) is 6.76. The molecule has 1 N–H and O–H groups in total. The zero-order valence-corrected chi connectivity index (χ0v) is 11.2. The highest BCUT2D eigenvalue weighted by molar-refractivity contribution is 6.32. The van der Waals surface area contributed by atoms with Gasteiger partial charge in [-0.2, -0.15) is 0 Å². The van der Waals surface area contributed by atoms with Crippen LogP contribution in [0, 0.1) is 0 Å². The van der Waals surface area contributed by atoms with E-state index in [9.17, 15) is 0 Å². The lowest BCUT2D eigenvalue weighted by Gasteiger charge is -2.22. The molecular formula is C12H15Cl2N3. The first-order chi connectivity index (χ1) is 7.77. The molecule has 1 unspecified atom stereocenters. The maximum atomic E-state index is 6.22. The van der Waals surface area contributed by atoms with E-state index < -0.39 is 0 Å². The Morgan fingerprint density at radius 3 is 2.94 bits per heavy atom. The summed E-state index contributed by atoms with van der Waals surface area (Å²) in [6, 6.07) is 6.42. The van der Waals surface area contributed by atoms with Crippen LogP contribution in [0.1, 0.15) is 5.56 Å². The highest BCUT2D eigenvalue weighted by Crippen LogP contribution is 2.35. The average Bonchev–Trinajstić information content (AvgIpc) is 2.88. The number of benzene rings is 1. The molecule has 3 nitrogen and oxygen atoms in total. The van der Waals surface area contributed by atoms with Gasteiger partial charge >= 0.3 is 0 Å². The first-order valence-electron chi connectivity index (χ1n) is 5.56. The van der Waals surface area contributed by atoms with Crippen LogP contribution in [-0.2, 0) is 6.42 Å². The van der Waals surface area contributed by atoms with E-state index in [4.69, 9.17) is 11.6 Å². The van der Waals surface area contributed by atoms with Gasteiger partial charge in [-0.3, -0.25) is 4.99 Å². The second-order valence-corrected chi connectivity index (χ2v) is 4.67. The molecule has 0 bridgehead atoms. The molecule has 0 radical (unpaired) electrons. The molecule has 0 amide bonds. The highest BCUT2D eigenvalue weighted by atomic mass is 35.5. The molecule has 1 aromatic rings. The van der Waals surface area contributed by atoms with E-state index in [0.29, 0.717) is 6.04 Å². The van der Waals surface area contributed by atoms with Crippen LogP contribution in [0.25, 0.3) is 0 Å². The Bertz CT molecular complexity index is 459. The van der Waals surface area contributed by atoms with Gasteiger partial charge in [-0.05, 0) is 17.7 Å². The number of likely N-dealkylation sites (N-methyl/N-ethyl adjacent to an activating group) is 1. The molecule has 3 rings (SSSR count). The van der Waals surface area contributed by atoms with E-state index in [1.54, 1.807) is 0 Å². The Kier molecular flexibility index (Phi) is 3.50. The Hall–Kier alpha value is -0.930. The Morgan fingerprint density at radius 2 is 2.29 bits per heavy atom. The van der Waals surface area contributed by atoms with Crippen molar-refractivity contribution in [3.63, 3.8) is 0 Å². The fourth-order valence-corrected chi connectivity index (χ4v) is 2.74. The molecule has 92 valence electrons. The van der Waals surface area contributed by atoms with Crippen LogP contribution in [0.5, 0.6) is 0 Å². The van der Waals surface area contributed by atoms with Crippen LogP contribution < -0.4 is 10.2 Å². The number of fused-ring (bicyclic) bond motifs is 1. The first kappa shape index (κ1) is 12.5. The molecule has 0 spiro atoms. The molecular weight excluding hydrogens is 257 g/mol. The van der Waals surface area contributed by atoms with Crippen molar-refractivity contribution in [1.82, 2.24) is 5.32 Å². The van der Waals surface area contributed by atoms with Gasteiger partial charge < -0.3 is 10.2 Å². The lowest BCUT2D eigenvalue weighted by molar-refractivity contribution is 0.811. The van der Waals surface area contributed by atoms with Crippen LogP contribution in [0.3, 0.4) is 0 Å². The molecule has 0 aromatic heterocycles. The minimum absolute atomic E-state index is 0. The van der Waals surface area contributed by atoms with Crippen molar-refractivity contribution in [2.24, 2.45) is 4.99 Å². The minimum Gasteiger partial charge on any atom is -0.370 e. The van der Waals surface area contributed by atoms with E-state index in [2.05, 4.69) is 28.3 Å². The highest BCUT2D eigenvalue weighted by Gasteiger charge is 2.32. The number of nitrogens with zero attached hydrogens (tertiary/aromatic N) is 2. The summed E-state index contributed by atoms with van der Waals surface area (Å²) in [7, 11) is 2.11. The third kappa shape index (κ3) is 1.98. The largest absolute Gasteiger partial charge is 0.370 e. The van der Waals surface area contributed by atoms with Crippen LogP contribution in [-0.4, -0.2) is 32.0 Å². The SMILES string of the molecule is CN1c2cccc(Cl)c2CC1C1=NCCN1.Cl. The zero-order chi connectivity index (χ0) is 11.1. The van der Waals surface area contributed by atoms with Crippen molar-refractivity contribution in [1.29, 1.82) is 0 Å². The molecule has 17 heavy (non-hydrogen) atoms. The van der Waals surface area contributed by atoms with Crippen molar-refractivity contribution in [3.05, 3.63) is 28.8 Å². The Balaban J connectivity index is 0.00000108. The van der Waals surface area contributed by atoms with Crippen molar-refractivity contribution >= 4 is 35.5 Å². The number of hydrogen-bond acceptors (Lipinski definition) is 3. The third-order valence-corrected chi connectivity index (χ3v) is 3.71. The fraction of sp³-hybridized carbons (Fsp3) is 0.417. The van der Waals surface area contributed by atoms with Crippen LogP contribution in [0.15, 0.2) is 23.2 Å². The van der Waals surface area contributed by atoms with Crippen LogP contribution in [0.2, 0.25) is 5.02 Å². The molecule has 2 aliphatic rings. The zero-order valence-electron chi connectivity index (χ0n) is 9.61. The van der Waals surface area contributed by atoms with E-state index in [-0.39, 0.29) is 12.4 Å². The maximum Gasteiger partial charge on any atom is 0.120 e. The lowest BCUT2D eigenvalue weighted by atomic mass is 10.1. The summed E-state index contributed by atoms with van der Waals surface area (Å²) in [5.74, 6) is 1.11. The van der Waals surface area contributed by atoms with Crippen molar-refractivity contribution in [2.75, 3.05) is 25.0 Å². The van der Waals surface area contributed by atoms with Crippen LogP contribution in [0.4, 0.5) is 5.69 Å². The average molecular weight is 272 g/mol. The Morgan fingerprint density at radius 1 is 1.47 bits per heavy atom. The maximum absolute atomic E-state index is 6.22. The van der Waals surface area contributed by atoms with Crippen molar-refractivity contribution < 1.29 is 0 Å². The summed E-state index contributed by atoms with van der Waals surface area (Å²) in [5, 5.41) is 4.21. The second-order valence-electron chi connectivity index (χ2n) is 4.26. The summed E-state index contributed by atoms with van der Waals surface area (Å²) in [6.45, 7) is 1.85. The molecule has 1 aromatic carbocycles. The molecule has 5 heteroatoms. The summed E-state index contributed by atoms with van der Waals surface area (Å²) in [6.07, 6.45) is 0.956. The molecule has 1 atom stereocenters. The molecule has 2 heterocycles. The van der Waals surface area contributed by atoms with Gasteiger partial charge in [0.05, 0.1) is 12.6 Å². The van der Waals surface area contributed by atoms with E-state index >= 15 is 0 Å². The number of amidine groups is 1. The fourth-order valence-electron chi connectivity index (χ4n) is 2.50. The first-order valence-corrected chi connectivity index (χ1v) is 5.93. The van der Waals surface area contributed by atoms with E-state index in [1.807, 2.05) is 12.1 Å². The molecule has 0 saturated carbocycles. The summed E-state index contributed by atoms with van der Waals surface area (Å²) in [5.41, 5.74) is 2.47. The number of aliphatic imine (C=N–C) groups is 1. The normalized spacial score (nSPS) is 21.6. The minimum atomic E-state index is 0. The molecule has 2 aliphatic heterocycles. The third-order valence-electron chi connectivity index (χ3n) is 3.35. The summed E-state index contributed by atoms with van der Waals surface area (Å²) < 4.78 is 0. The van der Waals surface area contributed by atoms with E-state index in [1.165, 1.54) is 11.3 Å². The van der Waals surface area contributed by atoms with Gasteiger partial charge in [0.25, 0.3) is 0 Å². The van der Waals surface area contributed by atoms with Gasteiger partial charge in [0.2, 0.25) is 0 Å². The number of nitrogens with one attached hydrogen (secondary N) is 1. The van der Waals surface area contributed by atoms with Gasteiger partial charge in [-0.15, -0.1) is 12.4 Å². The predicted molar refractivity (Wildman–Crippen MR) is 74.9 cm³/mol. The second kappa shape index (κ2) is 4.75. The van der Waals surface area contributed by atoms with Crippen molar-refractivity contribution in [2.45, 2.75) is 12.5 Å². The number of halogens is 2. The topological polar surface area (TPSA) is 27.6 Å². The van der Waals surface area contributed by atoms with Gasteiger partial charge in [0, 0.05) is 30.7 Å². The van der Waals surface area contributed by atoms with Crippen molar-refractivity contribution in [3.8, 4) is 0 Å². The van der Waals surface area contributed by atoms with Crippen LogP contribution >= 0.6 is 24.0 Å². The monoisotopic (exact) mass is 271 g/mol. The lowest BCUT2D eigenvalue weighted by Crippen LogP contribution is -2.41. The standard InChI is InChI=1S/C12H14ClN3.ClH/c1-16-10-4-2-3-9(13)8(10)7-11(16)12-14-5-6-15-12;/h2-4,11H,5-7H2,1H3,(H,14,15);1H. The molecule has 0 saturated heterocycles. The molecule has 0 fully saturated rings. The van der Waals surface area contributed by atoms with Gasteiger partial charge in [0.15, 0.2) is 0 Å². The predicted octanol–water partition coefficient (Wildman–Crippen LogP) is 2.12. The smallest absolute Gasteiger partial charge is 0.120 e. The van der Waals surface area contributed by atoms with E-state index in [0.717, 1.165) is 30.4 Å². The molecule has 0 aliphatic carbocycles. The number of anilines is 1.